The Bertz CT molecular complexity index is 577. The van der Waals surface area contributed by atoms with Gasteiger partial charge in [0.2, 0.25) is 0 Å². The molecule has 0 amide bonds. The lowest BCUT2D eigenvalue weighted by Crippen LogP contribution is -2.30. The summed E-state index contributed by atoms with van der Waals surface area (Å²) in [6.07, 6.45) is 2.35. The van der Waals surface area contributed by atoms with E-state index in [1.165, 1.54) is 18.5 Å². The summed E-state index contributed by atoms with van der Waals surface area (Å²) < 4.78 is 20.5. The highest BCUT2D eigenvalue weighted by Crippen LogP contribution is 2.13. The first-order chi connectivity index (χ1) is 9.60. The number of rotatable bonds is 6. The average molecular weight is 279 g/mol. The third-order valence-corrected chi connectivity index (χ3v) is 2.69. The molecule has 1 aromatic carbocycles. The minimum Gasteiger partial charge on any atom is -0.486 e. The lowest BCUT2D eigenvalue weighted by atomic mass is 9.80. The van der Waals surface area contributed by atoms with Gasteiger partial charge in [0.15, 0.2) is 5.82 Å². The quantitative estimate of drug-likeness (QED) is 0.732. The Balaban J connectivity index is 2.08. The fourth-order valence-corrected chi connectivity index (χ4v) is 1.76. The highest BCUT2D eigenvalue weighted by Gasteiger charge is 2.14. The molecule has 1 aromatic heterocycles. The Kier molecular flexibility index (Phi) is 4.70. The molecule has 0 bridgehead atoms. The smallest absolute Gasteiger partial charge is 0.486 e. The van der Waals surface area contributed by atoms with Crippen LogP contribution in [0.1, 0.15) is 19.2 Å². The van der Waals surface area contributed by atoms with Crippen molar-refractivity contribution < 1.29 is 19.2 Å². The highest BCUT2D eigenvalue weighted by molar-refractivity contribution is 6.58. The minimum absolute atomic E-state index is 0.0371. The zero-order valence-corrected chi connectivity index (χ0v) is 11.0. The van der Waals surface area contributed by atoms with Gasteiger partial charge < -0.3 is 14.8 Å². The van der Waals surface area contributed by atoms with E-state index in [9.17, 15) is 4.39 Å². The van der Waals surface area contributed by atoms with E-state index in [1.54, 1.807) is 4.68 Å². The first-order valence-corrected chi connectivity index (χ1v) is 6.26. The summed E-state index contributed by atoms with van der Waals surface area (Å²) in [5, 5.41) is 22.1. The van der Waals surface area contributed by atoms with Crippen molar-refractivity contribution in [2.75, 3.05) is 0 Å². The summed E-state index contributed by atoms with van der Waals surface area (Å²) in [7, 11) is -1.74. The van der Waals surface area contributed by atoms with Crippen molar-refractivity contribution in [3.8, 4) is 5.75 Å². The summed E-state index contributed by atoms with van der Waals surface area (Å²) in [4.78, 5) is 4.06. The molecule has 0 saturated heterocycles. The van der Waals surface area contributed by atoms with Crippen LogP contribution in [0.15, 0.2) is 24.5 Å². The third-order valence-electron chi connectivity index (χ3n) is 2.69. The Morgan fingerprint density at radius 2 is 2.15 bits per heavy atom. The van der Waals surface area contributed by atoms with Gasteiger partial charge in [0.25, 0.3) is 0 Å². The average Bonchev–Trinajstić information content (AvgIpc) is 2.83. The molecule has 2 rings (SSSR count). The van der Waals surface area contributed by atoms with Crippen LogP contribution >= 0.6 is 0 Å². The lowest BCUT2D eigenvalue weighted by Gasteiger charge is -2.09. The normalized spacial score (nSPS) is 10.6. The molecule has 0 saturated carbocycles. The van der Waals surface area contributed by atoms with E-state index in [4.69, 9.17) is 14.8 Å². The van der Waals surface area contributed by atoms with Crippen LogP contribution in [0.25, 0.3) is 0 Å². The highest BCUT2D eigenvalue weighted by atomic mass is 19.1. The first-order valence-electron chi connectivity index (χ1n) is 6.26. The Hall–Kier alpha value is -1.93. The standard InChI is InChI=1S/C12H15BFN3O3/c1-2-3-17-12(15-8-16-17)7-20-11-5-9(13(18)19)4-10(14)6-11/h4-6,8,18-19H,2-3,7H2,1H3. The molecule has 2 N–H and O–H groups in total. The number of nitrogens with zero attached hydrogens (tertiary/aromatic N) is 3. The molecule has 0 fully saturated rings. The zero-order valence-electron chi connectivity index (χ0n) is 11.0. The van der Waals surface area contributed by atoms with Crippen LogP contribution < -0.4 is 10.2 Å². The van der Waals surface area contributed by atoms with Crippen LogP contribution in [0, 0.1) is 5.82 Å². The van der Waals surface area contributed by atoms with Crippen LogP contribution in [0.5, 0.6) is 5.75 Å². The van der Waals surface area contributed by atoms with Gasteiger partial charge in [0, 0.05) is 12.6 Å². The molecule has 106 valence electrons. The molecule has 0 spiro atoms. The predicted molar refractivity (Wildman–Crippen MR) is 70.9 cm³/mol. The summed E-state index contributed by atoms with van der Waals surface area (Å²) in [6.45, 7) is 2.88. The number of aromatic nitrogens is 3. The fraction of sp³-hybridized carbons (Fsp3) is 0.333. The summed E-state index contributed by atoms with van der Waals surface area (Å²) in [5.41, 5.74) is 0.0371. The van der Waals surface area contributed by atoms with Gasteiger partial charge >= 0.3 is 7.12 Å². The second kappa shape index (κ2) is 6.49. The molecule has 1 heterocycles. The second-order valence-electron chi connectivity index (χ2n) is 4.28. The maximum absolute atomic E-state index is 13.3. The van der Waals surface area contributed by atoms with Gasteiger partial charge in [-0.25, -0.2) is 14.1 Å². The maximum Gasteiger partial charge on any atom is 0.488 e. The molecule has 0 unspecified atom stereocenters. The van der Waals surface area contributed by atoms with E-state index < -0.39 is 12.9 Å². The monoisotopic (exact) mass is 279 g/mol. The van der Waals surface area contributed by atoms with Gasteiger partial charge in [-0.05, 0) is 24.0 Å². The van der Waals surface area contributed by atoms with Crippen LogP contribution in [-0.4, -0.2) is 31.9 Å². The molecular weight excluding hydrogens is 264 g/mol. The van der Waals surface area contributed by atoms with Crippen LogP contribution in [0.3, 0.4) is 0 Å². The number of benzene rings is 1. The van der Waals surface area contributed by atoms with E-state index in [0.717, 1.165) is 19.0 Å². The topological polar surface area (TPSA) is 80.4 Å². The van der Waals surface area contributed by atoms with Gasteiger partial charge in [-0.15, -0.1) is 0 Å². The Labute approximate surface area is 116 Å². The summed E-state index contributed by atoms with van der Waals surface area (Å²) in [5.74, 6) is 0.238. The van der Waals surface area contributed by atoms with Crippen LogP contribution in [0.2, 0.25) is 0 Å². The SMILES string of the molecule is CCCn1ncnc1COc1cc(F)cc(B(O)O)c1. The van der Waals surface area contributed by atoms with E-state index >= 15 is 0 Å². The van der Waals surface area contributed by atoms with Crippen molar-refractivity contribution in [1.29, 1.82) is 0 Å². The number of hydrogen-bond donors (Lipinski definition) is 2. The van der Waals surface area contributed by atoms with Gasteiger partial charge in [-0.3, -0.25) is 0 Å². The summed E-state index contributed by atoms with van der Waals surface area (Å²) in [6, 6.07) is 3.58. The van der Waals surface area contributed by atoms with E-state index in [1.807, 2.05) is 6.92 Å². The van der Waals surface area contributed by atoms with Crippen molar-refractivity contribution in [2.45, 2.75) is 26.5 Å². The van der Waals surface area contributed by atoms with Crippen molar-refractivity contribution >= 4 is 12.6 Å². The van der Waals surface area contributed by atoms with E-state index in [0.29, 0.717) is 5.82 Å². The van der Waals surface area contributed by atoms with Crippen LogP contribution in [-0.2, 0) is 13.2 Å². The molecule has 0 aliphatic heterocycles. The zero-order chi connectivity index (χ0) is 14.5. The Morgan fingerprint density at radius 1 is 1.35 bits per heavy atom. The molecule has 0 aliphatic rings. The molecular formula is C12H15BFN3O3. The molecule has 8 heteroatoms. The van der Waals surface area contributed by atoms with Gasteiger partial charge in [0.1, 0.15) is 24.5 Å². The maximum atomic E-state index is 13.3. The number of hydrogen-bond acceptors (Lipinski definition) is 5. The van der Waals surface area contributed by atoms with Crippen molar-refractivity contribution in [2.24, 2.45) is 0 Å². The molecule has 20 heavy (non-hydrogen) atoms. The molecule has 6 nitrogen and oxygen atoms in total. The van der Waals surface area contributed by atoms with Gasteiger partial charge in [0.05, 0.1) is 0 Å². The molecule has 0 aliphatic carbocycles. The van der Waals surface area contributed by atoms with E-state index in [-0.39, 0.29) is 17.8 Å². The van der Waals surface area contributed by atoms with Crippen LogP contribution in [0.4, 0.5) is 4.39 Å². The predicted octanol–water partition coefficient (Wildman–Crippen LogP) is 0.0860. The minimum atomic E-state index is -1.74. The van der Waals surface area contributed by atoms with Crippen molar-refractivity contribution in [1.82, 2.24) is 14.8 Å². The molecule has 0 radical (unpaired) electrons. The largest absolute Gasteiger partial charge is 0.488 e. The Morgan fingerprint density at radius 3 is 2.85 bits per heavy atom. The number of aryl methyl sites for hydroxylation is 1. The molecule has 0 atom stereocenters. The number of ether oxygens (including phenoxy) is 1. The van der Waals surface area contributed by atoms with Gasteiger partial charge in [-0.1, -0.05) is 6.92 Å². The third kappa shape index (κ3) is 3.55. The van der Waals surface area contributed by atoms with Crippen molar-refractivity contribution in [3.63, 3.8) is 0 Å². The van der Waals surface area contributed by atoms with Gasteiger partial charge in [-0.2, -0.15) is 5.10 Å². The molecule has 2 aromatic rings. The fourth-order valence-electron chi connectivity index (χ4n) is 1.76. The van der Waals surface area contributed by atoms with E-state index in [2.05, 4.69) is 10.1 Å². The first kappa shape index (κ1) is 14.5. The lowest BCUT2D eigenvalue weighted by molar-refractivity contribution is 0.285. The summed E-state index contributed by atoms with van der Waals surface area (Å²) >= 11 is 0. The second-order valence-corrected chi connectivity index (χ2v) is 4.28. The van der Waals surface area contributed by atoms with Crippen molar-refractivity contribution in [3.05, 3.63) is 36.2 Å². The number of halogens is 1.